The second-order valence-corrected chi connectivity index (χ2v) is 11.4. The van der Waals surface area contributed by atoms with E-state index in [4.69, 9.17) is 5.10 Å². The molecule has 0 saturated heterocycles. The smallest absolute Gasteiger partial charge is 0.283 e. The number of hydrogen-bond acceptors (Lipinski definition) is 7. The van der Waals surface area contributed by atoms with Crippen LogP contribution in [0.1, 0.15) is 5.56 Å². The number of rotatable bonds is 8. The third kappa shape index (κ3) is 5.63. The summed E-state index contributed by atoms with van der Waals surface area (Å²) in [5.74, 6) is 0. The molecule has 5 aromatic rings. The molecule has 0 bridgehead atoms. The number of aryl methyl sites for hydroxylation is 1. The Balaban J connectivity index is 1.49. The van der Waals surface area contributed by atoms with Gasteiger partial charge in [-0.05, 0) is 43.3 Å². The van der Waals surface area contributed by atoms with E-state index in [1.807, 2.05) is 67.7 Å². The molecule has 0 aliphatic carbocycles. The fraction of sp³-hybridized carbons (Fsp3) is 0.111. The molecule has 0 amide bonds. The number of aromatic nitrogens is 4. The molecule has 0 saturated carbocycles. The van der Waals surface area contributed by atoms with Crippen molar-refractivity contribution in [2.75, 3.05) is 19.4 Å². The van der Waals surface area contributed by atoms with Crippen molar-refractivity contribution < 1.29 is 8.42 Å². The van der Waals surface area contributed by atoms with Gasteiger partial charge in [-0.3, -0.25) is 0 Å². The lowest BCUT2D eigenvalue weighted by Crippen LogP contribution is -2.10. The first-order valence-corrected chi connectivity index (χ1v) is 13.9. The second-order valence-electron chi connectivity index (χ2n) is 8.76. The van der Waals surface area contributed by atoms with Gasteiger partial charge in [0.25, 0.3) is 10.0 Å². The predicted molar refractivity (Wildman–Crippen MR) is 152 cm³/mol. The molecule has 0 aliphatic rings. The van der Waals surface area contributed by atoms with Crippen LogP contribution < -0.4 is 5.32 Å². The topological polar surface area (TPSA) is 105 Å². The Labute approximate surface area is 225 Å². The standard InChI is InChI=1S/C27H25N7O2S2/c1-19-9-11-21(12-10-19)29-27-31-30-26(37-27)24-17-34(32-25(24)20-7-5-4-6-8-20)22-13-15-23(16-14-22)38(35,36)28-18-33(2)3/h4-18H,1-3H3,(H,29,31)/b28-18+. The van der Waals surface area contributed by atoms with Crippen LogP contribution >= 0.6 is 11.3 Å². The average Bonchev–Trinajstić information content (AvgIpc) is 3.57. The Bertz CT molecular complexity index is 1670. The molecular weight excluding hydrogens is 518 g/mol. The first-order valence-electron chi connectivity index (χ1n) is 11.7. The highest BCUT2D eigenvalue weighted by Gasteiger charge is 2.19. The van der Waals surface area contributed by atoms with Crippen LogP contribution in [-0.4, -0.2) is 53.7 Å². The van der Waals surface area contributed by atoms with Crippen molar-refractivity contribution in [3.05, 3.63) is 90.6 Å². The lowest BCUT2D eigenvalue weighted by atomic mass is 10.1. The van der Waals surface area contributed by atoms with Gasteiger partial charge in [0.05, 0.1) is 16.1 Å². The molecule has 3 aromatic carbocycles. The molecule has 0 unspecified atom stereocenters. The summed E-state index contributed by atoms with van der Waals surface area (Å²) in [6.45, 7) is 2.04. The van der Waals surface area contributed by atoms with Crippen LogP contribution in [0.25, 0.3) is 27.5 Å². The molecule has 9 nitrogen and oxygen atoms in total. The number of nitrogens with zero attached hydrogens (tertiary/aromatic N) is 6. The highest BCUT2D eigenvalue weighted by molar-refractivity contribution is 7.90. The van der Waals surface area contributed by atoms with Gasteiger partial charge >= 0.3 is 0 Å². The predicted octanol–water partition coefficient (Wildman–Crippen LogP) is 5.39. The van der Waals surface area contributed by atoms with Crippen molar-refractivity contribution in [3.63, 3.8) is 0 Å². The van der Waals surface area contributed by atoms with Gasteiger partial charge in [-0.25, -0.2) is 4.68 Å². The summed E-state index contributed by atoms with van der Waals surface area (Å²) in [5.41, 5.74) is 5.31. The van der Waals surface area contributed by atoms with Crippen LogP contribution in [0.5, 0.6) is 0 Å². The van der Waals surface area contributed by atoms with E-state index < -0.39 is 10.0 Å². The number of anilines is 2. The van der Waals surface area contributed by atoms with E-state index in [1.165, 1.54) is 35.4 Å². The van der Waals surface area contributed by atoms with Gasteiger partial charge in [-0.2, -0.15) is 13.5 Å². The van der Waals surface area contributed by atoms with Crippen molar-refractivity contribution in [3.8, 4) is 27.5 Å². The van der Waals surface area contributed by atoms with E-state index >= 15 is 0 Å². The monoisotopic (exact) mass is 543 g/mol. The van der Waals surface area contributed by atoms with Crippen LogP contribution in [0.2, 0.25) is 0 Å². The molecule has 11 heteroatoms. The van der Waals surface area contributed by atoms with Crippen LogP contribution in [0.4, 0.5) is 10.8 Å². The molecule has 0 aliphatic heterocycles. The normalized spacial score (nSPS) is 11.7. The lowest BCUT2D eigenvalue weighted by molar-refractivity contribution is 0.594. The van der Waals surface area contributed by atoms with Crippen molar-refractivity contribution in [1.29, 1.82) is 0 Å². The zero-order valence-electron chi connectivity index (χ0n) is 21.0. The maximum atomic E-state index is 12.5. The number of sulfonamides is 1. The summed E-state index contributed by atoms with van der Waals surface area (Å²) in [5, 5.41) is 18.3. The van der Waals surface area contributed by atoms with Crippen molar-refractivity contribution in [2.45, 2.75) is 11.8 Å². The first kappa shape index (κ1) is 25.3. The summed E-state index contributed by atoms with van der Waals surface area (Å²) in [4.78, 5) is 1.67. The maximum Gasteiger partial charge on any atom is 0.283 e. The van der Waals surface area contributed by atoms with Gasteiger partial charge in [-0.1, -0.05) is 59.4 Å². The number of benzene rings is 3. The van der Waals surface area contributed by atoms with E-state index in [-0.39, 0.29) is 4.90 Å². The summed E-state index contributed by atoms with van der Waals surface area (Å²) >= 11 is 1.43. The van der Waals surface area contributed by atoms with Crippen molar-refractivity contribution in [1.82, 2.24) is 24.9 Å². The Kier molecular flexibility index (Phi) is 7.03. The molecule has 2 heterocycles. The fourth-order valence-corrected chi connectivity index (χ4v) is 5.29. The number of hydrogen-bond donors (Lipinski definition) is 1. The van der Waals surface area contributed by atoms with Gasteiger partial charge in [0.15, 0.2) is 5.01 Å². The Hall–Kier alpha value is -4.35. The molecule has 0 fully saturated rings. The molecular formula is C27H25N7O2S2. The van der Waals surface area contributed by atoms with Crippen LogP contribution in [-0.2, 0) is 10.0 Å². The summed E-state index contributed by atoms with van der Waals surface area (Å²) in [6.07, 6.45) is 3.14. The van der Waals surface area contributed by atoms with E-state index in [9.17, 15) is 8.42 Å². The van der Waals surface area contributed by atoms with E-state index in [2.05, 4.69) is 19.9 Å². The highest BCUT2D eigenvalue weighted by atomic mass is 32.2. The highest BCUT2D eigenvalue weighted by Crippen LogP contribution is 2.35. The van der Waals surface area contributed by atoms with Gasteiger partial charge in [0, 0.05) is 31.5 Å². The van der Waals surface area contributed by atoms with Gasteiger partial charge in [-0.15, -0.1) is 14.6 Å². The minimum atomic E-state index is -3.79. The second kappa shape index (κ2) is 10.6. The largest absolute Gasteiger partial charge is 0.368 e. The Morgan fingerprint density at radius 3 is 2.34 bits per heavy atom. The SMILES string of the molecule is Cc1ccc(Nc2nnc(-c3cn(-c4ccc(S(=O)(=O)/N=C/N(C)C)cc4)nc3-c3ccccc3)s2)cc1. The molecule has 38 heavy (non-hydrogen) atoms. The van der Waals surface area contributed by atoms with Gasteiger partial charge < -0.3 is 10.2 Å². The average molecular weight is 544 g/mol. The maximum absolute atomic E-state index is 12.5. The summed E-state index contributed by atoms with van der Waals surface area (Å²) in [7, 11) is -0.375. The van der Waals surface area contributed by atoms with Gasteiger partial charge in [0.2, 0.25) is 5.13 Å². The zero-order chi connectivity index (χ0) is 26.7. The molecule has 0 spiro atoms. The molecule has 2 aromatic heterocycles. The molecule has 0 atom stereocenters. The molecule has 5 rings (SSSR count). The molecule has 1 N–H and O–H groups in total. The van der Waals surface area contributed by atoms with E-state index in [0.717, 1.165) is 22.5 Å². The minimum Gasteiger partial charge on any atom is -0.368 e. The van der Waals surface area contributed by atoms with Crippen LogP contribution in [0.3, 0.4) is 0 Å². The van der Waals surface area contributed by atoms with E-state index in [1.54, 1.807) is 35.8 Å². The van der Waals surface area contributed by atoms with Gasteiger partial charge in [0.1, 0.15) is 12.0 Å². The quantitative estimate of drug-likeness (QED) is 0.207. The summed E-state index contributed by atoms with van der Waals surface area (Å²) in [6, 6.07) is 24.4. The number of nitrogens with one attached hydrogen (secondary N) is 1. The van der Waals surface area contributed by atoms with Crippen LogP contribution in [0.15, 0.2) is 94.4 Å². The third-order valence-corrected chi connectivity index (χ3v) is 7.65. The Morgan fingerprint density at radius 1 is 0.947 bits per heavy atom. The molecule has 192 valence electrons. The minimum absolute atomic E-state index is 0.103. The molecule has 0 radical (unpaired) electrons. The van der Waals surface area contributed by atoms with Crippen molar-refractivity contribution in [2.24, 2.45) is 4.40 Å². The van der Waals surface area contributed by atoms with Crippen molar-refractivity contribution >= 4 is 38.5 Å². The zero-order valence-corrected chi connectivity index (χ0v) is 22.6. The van der Waals surface area contributed by atoms with E-state index in [0.29, 0.717) is 15.8 Å². The third-order valence-electron chi connectivity index (χ3n) is 5.54. The lowest BCUT2D eigenvalue weighted by Gasteiger charge is -2.05. The first-order chi connectivity index (χ1) is 18.3. The van der Waals surface area contributed by atoms with Crippen LogP contribution in [0, 0.1) is 6.92 Å². The summed E-state index contributed by atoms with van der Waals surface area (Å²) < 4.78 is 30.4. The Morgan fingerprint density at radius 2 is 1.66 bits per heavy atom. The fourth-order valence-electron chi connectivity index (χ4n) is 3.60.